The summed E-state index contributed by atoms with van der Waals surface area (Å²) in [6.45, 7) is 4.79. The molecule has 0 aliphatic carbocycles. The molecule has 0 aromatic heterocycles. The van der Waals surface area contributed by atoms with E-state index in [9.17, 15) is 14.0 Å². The van der Waals surface area contributed by atoms with Crippen molar-refractivity contribution in [2.45, 2.75) is 45.2 Å². The molecule has 4 rings (SSSR count). The Morgan fingerprint density at radius 2 is 1.25 bits per heavy atom. The van der Waals surface area contributed by atoms with Gasteiger partial charge in [-0.2, -0.15) is 0 Å². The molecule has 0 heterocycles. The van der Waals surface area contributed by atoms with E-state index in [0.29, 0.717) is 13.0 Å². The van der Waals surface area contributed by atoms with Gasteiger partial charge in [0.2, 0.25) is 11.8 Å². The maximum absolute atomic E-state index is 14.3. The highest BCUT2D eigenvalue weighted by Crippen LogP contribution is 2.30. The highest BCUT2D eigenvalue weighted by molar-refractivity contribution is 5.88. The van der Waals surface area contributed by atoms with Crippen molar-refractivity contribution in [1.29, 1.82) is 0 Å². The molecular weight excluding hydrogens is 499 g/mol. The molecule has 0 radical (unpaired) electrons. The molecule has 1 atom stereocenters. The molecule has 2 amide bonds. The topological polar surface area (TPSA) is 49.4 Å². The summed E-state index contributed by atoms with van der Waals surface area (Å²) in [5.74, 6) is -0.582. The summed E-state index contributed by atoms with van der Waals surface area (Å²) in [5.41, 5.74) is 3.80. The number of hydrogen-bond donors (Lipinski definition) is 1. The van der Waals surface area contributed by atoms with Crippen LogP contribution in [0.1, 0.15) is 48.4 Å². The zero-order valence-corrected chi connectivity index (χ0v) is 23.2. The van der Waals surface area contributed by atoms with Gasteiger partial charge in [0.05, 0.1) is 0 Å². The Morgan fingerprint density at radius 3 is 1.77 bits per heavy atom. The Morgan fingerprint density at radius 1 is 0.725 bits per heavy atom. The van der Waals surface area contributed by atoms with Crippen molar-refractivity contribution in [1.82, 2.24) is 10.2 Å². The van der Waals surface area contributed by atoms with Crippen LogP contribution in [0.4, 0.5) is 4.39 Å². The minimum Gasteiger partial charge on any atom is -0.354 e. The highest BCUT2D eigenvalue weighted by Gasteiger charge is 2.32. The summed E-state index contributed by atoms with van der Waals surface area (Å²) in [6.07, 6.45) is 0.566. The van der Waals surface area contributed by atoms with Gasteiger partial charge in [0.15, 0.2) is 0 Å². The lowest BCUT2D eigenvalue weighted by Gasteiger charge is -2.33. The third-order valence-corrected chi connectivity index (χ3v) is 7.00. The first kappa shape index (κ1) is 28.8. The smallest absolute Gasteiger partial charge is 0.243 e. The van der Waals surface area contributed by atoms with Crippen LogP contribution in [0, 0.1) is 11.7 Å². The van der Waals surface area contributed by atoms with Crippen LogP contribution in [0.15, 0.2) is 115 Å². The van der Waals surface area contributed by atoms with Gasteiger partial charge in [0, 0.05) is 31.8 Å². The fourth-order valence-electron chi connectivity index (χ4n) is 4.85. The molecule has 206 valence electrons. The number of nitrogens with one attached hydrogen (secondary N) is 1. The summed E-state index contributed by atoms with van der Waals surface area (Å²) < 4.78 is 13.7. The van der Waals surface area contributed by atoms with Crippen LogP contribution in [0.3, 0.4) is 0 Å². The highest BCUT2D eigenvalue weighted by atomic mass is 19.1. The summed E-state index contributed by atoms with van der Waals surface area (Å²) in [6, 6.07) is 35.1. The van der Waals surface area contributed by atoms with Crippen molar-refractivity contribution in [3.8, 4) is 0 Å². The molecule has 0 saturated carbocycles. The third kappa shape index (κ3) is 8.12. The first-order valence-corrected chi connectivity index (χ1v) is 13.9. The van der Waals surface area contributed by atoms with Gasteiger partial charge in [-0.25, -0.2) is 4.39 Å². The van der Waals surface area contributed by atoms with E-state index in [1.165, 1.54) is 12.1 Å². The molecule has 0 aliphatic rings. The maximum Gasteiger partial charge on any atom is 0.243 e. The van der Waals surface area contributed by atoms with E-state index in [0.717, 1.165) is 22.3 Å². The SMILES string of the molecule is CC(C)CNC(=O)[C@@H](Cc1ccccc1)N(Cc1ccc(F)cc1)C(=O)CC(c1ccccc1)c1ccccc1. The van der Waals surface area contributed by atoms with Crippen molar-refractivity contribution < 1.29 is 14.0 Å². The molecule has 40 heavy (non-hydrogen) atoms. The zero-order valence-electron chi connectivity index (χ0n) is 23.2. The minimum atomic E-state index is -0.731. The van der Waals surface area contributed by atoms with E-state index in [-0.39, 0.29) is 42.4 Å². The average Bonchev–Trinajstić information content (AvgIpc) is 2.98. The van der Waals surface area contributed by atoms with Crippen LogP contribution in [-0.4, -0.2) is 29.3 Å². The molecule has 0 spiro atoms. The molecule has 0 fully saturated rings. The van der Waals surface area contributed by atoms with Gasteiger partial charge in [0.25, 0.3) is 0 Å². The summed E-state index contributed by atoms with van der Waals surface area (Å²) in [7, 11) is 0. The normalized spacial score (nSPS) is 11.8. The fraction of sp³-hybridized carbons (Fsp3) is 0.257. The zero-order chi connectivity index (χ0) is 28.3. The molecule has 5 heteroatoms. The number of carbonyl (C=O) groups excluding carboxylic acids is 2. The number of amides is 2. The van der Waals surface area contributed by atoms with E-state index < -0.39 is 6.04 Å². The summed E-state index contributed by atoms with van der Waals surface area (Å²) >= 11 is 0. The second-order valence-electron chi connectivity index (χ2n) is 10.6. The number of carbonyl (C=O) groups is 2. The number of hydrogen-bond acceptors (Lipinski definition) is 2. The summed E-state index contributed by atoms with van der Waals surface area (Å²) in [4.78, 5) is 29.7. The average molecular weight is 537 g/mol. The molecule has 4 aromatic rings. The van der Waals surface area contributed by atoms with Crippen LogP contribution in [0.2, 0.25) is 0 Å². The van der Waals surface area contributed by atoms with Crippen molar-refractivity contribution in [3.05, 3.63) is 143 Å². The quantitative estimate of drug-likeness (QED) is 0.218. The Bertz CT molecular complexity index is 1300. The lowest BCUT2D eigenvalue weighted by molar-refractivity contribution is -0.141. The van der Waals surface area contributed by atoms with Crippen molar-refractivity contribution in [3.63, 3.8) is 0 Å². The monoisotopic (exact) mass is 536 g/mol. The molecule has 1 N–H and O–H groups in total. The largest absolute Gasteiger partial charge is 0.354 e. The van der Waals surface area contributed by atoms with Crippen LogP contribution < -0.4 is 5.32 Å². The fourth-order valence-corrected chi connectivity index (χ4v) is 4.85. The Hall–Kier alpha value is -4.25. The van der Waals surface area contributed by atoms with Crippen LogP contribution >= 0.6 is 0 Å². The minimum absolute atomic E-state index is 0.136. The molecule has 0 bridgehead atoms. The van der Waals surface area contributed by atoms with E-state index in [1.54, 1.807) is 17.0 Å². The second-order valence-corrected chi connectivity index (χ2v) is 10.6. The van der Waals surface area contributed by atoms with Gasteiger partial charge in [-0.3, -0.25) is 9.59 Å². The lowest BCUT2D eigenvalue weighted by Crippen LogP contribution is -2.51. The van der Waals surface area contributed by atoms with Gasteiger partial charge in [0.1, 0.15) is 11.9 Å². The molecule has 0 saturated heterocycles. The standard InChI is InChI=1S/C35H37FN2O2/c1-26(2)24-37-35(40)33(22-27-12-6-3-7-13-27)38(25-28-18-20-31(36)21-19-28)34(39)23-32(29-14-8-4-9-15-29)30-16-10-5-11-17-30/h3-21,26,32-33H,22-25H2,1-2H3,(H,37,40)/t33-/m1/s1. The third-order valence-electron chi connectivity index (χ3n) is 7.00. The van der Waals surface area contributed by atoms with E-state index >= 15 is 0 Å². The molecule has 0 aliphatic heterocycles. The Balaban J connectivity index is 1.72. The first-order chi connectivity index (χ1) is 19.4. The lowest BCUT2D eigenvalue weighted by atomic mass is 9.87. The van der Waals surface area contributed by atoms with Gasteiger partial charge in [-0.05, 0) is 40.3 Å². The number of benzene rings is 4. The van der Waals surface area contributed by atoms with Crippen molar-refractivity contribution in [2.75, 3.05) is 6.54 Å². The van der Waals surface area contributed by atoms with E-state index in [1.807, 2.05) is 105 Å². The Kier molecular flexibility index (Phi) is 10.2. The number of nitrogens with zero attached hydrogens (tertiary/aromatic N) is 1. The Labute approximate surface area is 236 Å². The molecule has 4 aromatic carbocycles. The second kappa shape index (κ2) is 14.2. The predicted molar refractivity (Wildman–Crippen MR) is 158 cm³/mol. The van der Waals surface area contributed by atoms with Crippen molar-refractivity contribution in [2.24, 2.45) is 5.92 Å². The number of halogens is 1. The first-order valence-electron chi connectivity index (χ1n) is 13.9. The molecule has 4 nitrogen and oxygen atoms in total. The van der Waals surface area contributed by atoms with Gasteiger partial charge in [-0.15, -0.1) is 0 Å². The van der Waals surface area contributed by atoms with Gasteiger partial charge < -0.3 is 10.2 Å². The van der Waals surface area contributed by atoms with Gasteiger partial charge in [-0.1, -0.05) is 117 Å². The predicted octanol–water partition coefficient (Wildman–Crippen LogP) is 6.76. The summed E-state index contributed by atoms with van der Waals surface area (Å²) in [5, 5.41) is 3.06. The van der Waals surface area contributed by atoms with E-state index in [4.69, 9.17) is 0 Å². The van der Waals surface area contributed by atoms with Crippen LogP contribution in [-0.2, 0) is 22.6 Å². The number of rotatable bonds is 12. The van der Waals surface area contributed by atoms with Crippen LogP contribution in [0.5, 0.6) is 0 Å². The van der Waals surface area contributed by atoms with Crippen LogP contribution in [0.25, 0.3) is 0 Å². The maximum atomic E-state index is 14.3. The molecular formula is C35H37FN2O2. The van der Waals surface area contributed by atoms with Gasteiger partial charge >= 0.3 is 0 Å². The van der Waals surface area contributed by atoms with Crippen molar-refractivity contribution >= 4 is 11.8 Å². The molecule has 0 unspecified atom stereocenters. The van der Waals surface area contributed by atoms with E-state index in [2.05, 4.69) is 5.32 Å².